The number of fused-ring (bicyclic) bond motifs is 8. The molecule has 4 heteroatoms. The van der Waals surface area contributed by atoms with Crippen LogP contribution in [0.2, 0.25) is 0 Å². The minimum atomic E-state index is -0.606. The van der Waals surface area contributed by atoms with Gasteiger partial charge in [0.2, 0.25) is 0 Å². The minimum absolute atomic E-state index is 0.0366. The van der Waals surface area contributed by atoms with E-state index in [0.29, 0.717) is 22.5 Å². The Morgan fingerprint density at radius 1 is 0.970 bits per heavy atom. The number of hydrogen-bond donors (Lipinski definition) is 1. The summed E-state index contributed by atoms with van der Waals surface area (Å²) in [6.45, 7) is 14.5. The Balaban J connectivity index is 1.50. The lowest BCUT2D eigenvalue weighted by Gasteiger charge is -2.70. The molecule has 0 unspecified atom stereocenters. The molecule has 0 aliphatic heterocycles. The van der Waals surface area contributed by atoms with Crippen molar-refractivity contribution in [3.8, 4) is 0 Å². The van der Waals surface area contributed by atoms with Crippen molar-refractivity contribution >= 4 is 11.2 Å². The van der Waals surface area contributed by atoms with Gasteiger partial charge in [-0.15, -0.1) is 0 Å². The molecule has 1 aromatic heterocycles. The van der Waals surface area contributed by atoms with Crippen molar-refractivity contribution in [2.75, 3.05) is 0 Å². The van der Waals surface area contributed by atoms with Crippen LogP contribution in [0.3, 0.4) is 0 Å². The summed E-state index contributed by atoms with van der Waals surface area (Å²) < 4.78 is 10.8. The van der Waals surface area contributed by atoms with Crippen LogP contribution < -0.4 is 11.6 Å². The molecule has 4 aliphatic carbocycles. The minimum Gasteiger partial charge on any atom is -0.391 e. The molecule has 0 radical (unpaired) electrons. The van der Waals surface area contributed by atoms with Gasteiger partial charge in [0.15, 0.2) is 11.2 Å². The maximum absolute atomic E-state index is 11.9. The van der Waals surface area contributed by atoms with Crippen molar-refractivity contribution in [1.29, 1.82) is 0 Å². The van der Waals surface area contributed by atoms with E-state index in [1.54, 1.807) is 5.57 Å². The SMILES string of the molecule is Cc1c2c(cc3oc(=O)oc13)[C@]1(C)CC[C@@]3(C)[C@@H]4C[C@](C)(N)CC[C@]4(C)CC[C@]3(C)C1=CC2. The molecule has 0 bridgehead atoms. The van der Waals surface area contributed by atoms with E-state index in [4.69, 9.17) is 14.6 Å². The molecule has 4 aliphatic rings. The Morgan fingerprint density at radius 2 is 1.70 bits per heavy atom. The average Bonchev–Trinajstić information content (AvgIpc) is 3.13. The molecule has 178 valence electrons. The summed E-state index contributed by atoms with van der Waals surface area (Å²) in [6.07, 6.45) is 11.8. The predicted molar refractivity (Wildman–Crippen MR) is 131 cm³/mol. The standard InChI is InChI=1S/C29H39NO3/c1-17-18-7-8-21-27(4,19(18)15-20-23(17)33-24(31)32-20)12-14-29(6)22-16-26(3,30)11-9-25(22,2)10-13-28(21,29)5/h8,15,22H,7,9-14,16,30H2,1-6H3/t22-,25-,26-,27+,28-,29+/m1/s1. The van der Waals surface area contributed by atoms with E-state index in [0.717, 1.165) is 31.2 Å². The van der Waals surface area contributed by atoms with Crippen LogP contribution in [0.4, 0.5) is 0 Å². The molecule has 0 amide bonds. The van der Waals surface area contributed by atoms with Gasteiger partial charge in [0.05, 0.1) is 0 Å². The molecule has 2 aromatic rings. The van der Waals surface area contributed by atoms with Crippen LogP contribution in [0.1, 0.15) is 96.3 Å². The number of rotatable bonds is 0. The van der Waals surface area contributed by atoms with Crippen LogP contribution >= 0.6 is 0 Å². The van der Waals surface area contributed by atoms with Gasteiger partial charge >= 0.3 is 5.82 Å². The van der Waals surface area contributed by atoms with Crippen LogP contribution in [-0.4, -0.2) is 5.54 Å². The highest BCUT2D eigenvalue weighted by atomic mass is 16.6. The molecule has 33 heavy (non-hydrogen) atoms. The topological polar surface area (TPSA) is 69.4 Å². The lowest BCUT2D eigenvalue weighted by molar-refractivity contribution is -0.148. The number of benzene rings is 1. The first-order valence-electron chi connectivity index (χ1n) is 12.9. The smallest absolute Gasteiger partial charge is 0.391 e. The van der Waals surface area contributed by atoms with E-state index < -0.39 is 5.82 Å². The van der Waals surface area contributed by atoms with Gasteiger partial charge in [0, 0.05) is 11.0 Å². The fraction of sp³-hybridized carbons (Fsp3) is 0.690. The average molecular weight is 450 g/mol. The van der Waals surface area contributed by atoms with Gasteiger partial charge in [-0.25, -0.2) is 4.79 Å². The molecule has 1 heterocycles. The van der Waals surface area contributed by atoms with Gasteiger partial charge < -0.3 is 14.6 Å². The molecule has 6 rings (SSSR count). The zero-order valence-corrected chi connectivity index (χ0v) is 21.2. The van der Waals surface area contributed by atoms with Crippen LogP contribution in [0.15, 0.2) is 31.3 Å². The third-order valence-corrected chi connectivity index (χ3v) is 11.4. The van der Waals surface area contributed by atoms with E-state index in [1.165, 1.54) is 36.8 Å². The van der Waals surface area contributed by atoms with E-state index >= 15 is 0 Å². The maximum Gasteiger partial charge on any atom is 0.519 e. The van der Waals surface area contributed by atoms with Gasteiger partial charge in [-0.2, -0.15) is 0 Å². The van der Waals surface area contributed by atoms with Crippen LogP contribution in [-0.2, 0) is 11.8 Å². The molecular formula is C29H39NO3. The van der Waals surface area contributed by atoms with Gasteiger partial charge in [-0.05, 0) is 110 Å². The van der Waals surface area contributed by atoms with E-state index in [-0.39, 0.29) is 21.8 Å². The third kappa shape index (κ3) is 2.59. The number of allylic oxidation sites excluding steroid dienone is 2. The first-order chi connectivity index (χ1) is 15.3. The molecule has 0 spiro atoms. The molecule has 3 saturated carbocycles. The second kappa shape index (κ2) is 6.24. The second-order valence-corrected chi connectivity index (χ2v) is 13.3. The summed E-state index contributed by atoms with van der Waals surface area (Å²) >= 11 is 0. The number of aryl methyl sites for hydroxylation is 1. The highest BCUT2D eigenvalue weighted by Gasteiger charge is 2.66. The zero-order valence-electron chi connectivity index (χ0n) is 21.2. The Hall–Kier alpha value is -1.81. The van der Waals surface area contributed by atoms with Crippen molar-refractivity contribution in [3.05, 3.63) is 45.0 Å². The lowest BCUT2D eigenvalue weighted by atomic mass is 9.35. The number of nitrogens with two attached hydrogens (primary N) is 1. The largest absolute Gasteiger partial charge is 0.519 e. The predicted octanol–water partition coefficient (Wildman–Crippen LogP) is 6.56. The van der Waals surface area contributed by atoms with Crippen molar-refractivity contribution in [2.24, 2.45) is 27.9 Å². The summed E-state index contributed by atoms with van der Waals surface area (Å²) in [5.74, 6) is 0.0427. The van der Waals surface area contributed by atoms with Crippen LogP contribution in [0.5, 0.6) is 0 Å². The maximum atomic E-state index is 11.9. The molecule has 1 aromatic carbocycles. The highest BCUT2D eigenvalue weighted by Crippen LogP contribution is 2.73. The molecule has 3 fully saturated rings. The van der Waals surface area contributed by atoms with Gasteiger partial charge in [-0.1, -0.05) is 39.3 Å². The molecule has 4 nitrogen and oxygen atoms in total. The monoisotopic (exact) mass is 449 g/mol. The summed E-state index contributed by atoms with van der Waals surface area (Å²) in [4.78, 5) is 11.9. The lowest BCUT2D eigenvalue weighted by Crippen LogP contribution is -2.63. The summed E-state index contributed by atoms with van der Waals surface area (Å²) in [5, 5.41) is 0. The van der Waals surface area contributed by atoms with Crippen LogP contribution in [0.25, 0.3) is 11.2 Å². The molecule has 2 N–H and O–H groups in total. The summed E-state index contributed by atoms with van der Waals surface area (Å²) in [5.41, 5.74) is 14.1. The Kier molecular flexibility index (Phi) is 4.11. The summed E-state index contributed by atoms with van der Waals surface area (Å²) in [7, 11) is 0. The molecule has 0 saturated heterocycles. The van der Waals surface area contributed by atoms with E-state index in [1.807, 2.05) is 0 Å². The quantitative estimate of drug-likeness (QED) is 0.463. The summed E-state index contributed by atoms with van der Waals surface area (Å²) in [6, 6.07) is 2.12. The van der Waals surface area contributed by atoms with Crippen LogP contribution in [0, 0.1) is 29.1 Å². The zero-order chi connectivity index (χ0) is 23.6. The third-order valence-electron chi connectivity index (χ3n) is 11.4. The highest BCUT2D eigenvalue weighted by molar-refractivity contribution is 5.78. The second-order valence-electron chi connectivity index (χ2n) is 13.3. The Morgan fingerprint density at radius 3 is 2.45 bits per heavy atom. The fourth-order valence-electron chi connectivity index (χ4n) is 9.10. The molecule has 6 atom stereocenters. The van der Waals surface area contributed by atoms with Crippen molar-refractivity contribution in [1.82, 2.24) is 0 Å². The van der Waals surface area contributed by atoms with E-state index in [9.17, 15) is 4.79 Å². The normalized spacial score (nSPS) is 44.5. The Labute approximate surface area is 197 Å². The first kappa shape index (κ1) is 21.7. The van der Waals surface area contributed by atoms with E-state index in [2.05, 4.69) is 53.7 Å². The number of hydrogen-bond acceptors (Lipinski definition) is 4. The van der Waals surface area contributed by atoms with Gasteiger partial charge in [0.25, 0.3) is 0 Å². The fourth-order valence-corrected chi connectivity index (χ4v) is 9.10. The van der Waals surface area contributed by atoms with Crippen molar-refractivity contribution in [2.45, 2.75) is 104 Å². The van der Waals surface area contributed by atoms with Gasteiger partial charge in [0.1, 0.15) is 0 Å². The molecular weight excluding hydrogens is 410 g/mol. The van der Waals surface area contributed by atoms with Crippen molar-refractivity contribution < 1.29 is 8.83 Å². The first-order valence-corrected chi connectivity index (χ1v) is 12.9. The van der Waals surface area contributed by atoms with Crippen molar-refractivity contribution in [3.63, 3.8) is 0 Å². The Bertz CT molecular complexity index is 1260. The van der Waals surface area contributed by atoms with Gasteiger partial charge in [-0.3, -0.25) is 0 Å².